The molecule has 2 bridgehead atoms. The lowest BCUT2D eigenvalue weighted by atomic mass is 10.1. The van der Waals surface area contributed by atoms with Crippen LogP contribution in [-0.4, -0.2) is 47.9 Å². The molecule has 2 aliphatic rings. The fourth-order valence-corrected chi connectivity index (χ4v) is 3.34. The minimum Gasteiger partial charge on any atom is -0.396 e. The van der Waals surface area contributed by atoms with E-state index in [0.29, 0.717) is 17.6 Å². The molecule has 0 aliphatic carbocycles. The lowest BCUT2D eigenvalue weighted by Gasteiger charge is -2.26. The number of likely N-dealkylation sites (N-methyl/N-ethyl adjacent to an activating group) is 1. The average Bonchev–Trinajstić information content (AvgIpc) is 2.66. The third kappa shape index (κ3) is 2.26. The van der Waals surface area contributed by atoms with Crippen LogP contribution in [0.5, 0.6) is 0 Å². The lowest BCUT2D eigenvalue weighted by Crippen LogP contribution is -2.39. The maximum Gasteiger partial charge on any atom is 0.254 e. The summed E-state index contributed by atoms with van der Waals surface area (Å²) in [5, 5.41) is 0. The van der Waals surface area contributed by atoms with Crippen LogP contribution in [0.1, 0.15) is 29.6 Å². The number of nitrogen functional groups attached to an aromatic ring is 1. The van der Waals surface area contributed by atoms with Gasteiger partial charge >= 0.3 is 0 Å². The van der Waals surface area contributed by atoms with Gasteiger partial charge in [0.05, 0.1) is 5.69 Å². The fourth-order valence-electron chi connectivity index (χ4n) is 3.34. The molecule has 4 nitrogen and oxygen atoms in total. The van der Waals surface area contributed by atoms with E-state index in [1.807, 2.05) is 4.90 Å². The first-order chi connectivity index (χ1) is 9.56. The molecule has 1 amide bonds. The van der Waals surface area contributed by atoms with Crippen LogP contribution in [0.2, 0.25) is 0 Å². The average molecular weight is 277 g/mol. The molecule has 2 fully saturated rings. The number of rotatable bonds is 1. The second kappa shape index (κ2) is 5.05. The third-order valence-corrected chi connectivity index (χ3v) is 4.68. The van der Waals surface area contributed by atoms with Crippen molar-refractivity contribution in [2.45, 2.75) is 31.3 Å². The molecule has 2 saturated heterocycles. The standard InChI is InChI=1S/C15H20FN3O/c1-18-11-3-4-12(18)9-19(7-6-11)15(20)10-2-5-14(17)13(16)8-10/h2,5,8,11-12H,3-4,6-7,9,17H2,1H3. The zero-order valence-electron chi connectivity index (χ0n) is 11.7. The van der Waals surface area contributed by atoms with E-state index in [1.54, 1.807) is 6.07 Å². The Morgan fingerprint density at radius 1 is 1.30 bits per heavy atom. The minimum atomic E-state index is -0.524. The molecular formula is C15H20FN3O. The van der Waals surface area contributed by atoms with E-state index in [2.05, 4.69) is 11.9 Å². The number of nitrogens with two attached hydrogens (primary N) is 1. The van der Waals surface area contributed by atoms with Crippen LogP contribution in [-0.2, 0) is 0 Å². The highest BCUT2D eigenvalue weighted by molar-refractivity contribution is 5.94. The summed E-state index contributed by atoms with van der Waals surface area (Å²) >= 11 is 0. The van der Waals surface area contributed by atoms with Crippen molar-refractivity contribution in [3.05, 3.63) is 29.6 Å². The second-order valence-corrected chi connectivity index (χ2v) is 5.83. The van der Waals surface area contributed by atoms with Crippen molar-refractivity contribution in [3.8, 4) is 0 Å². The molecule has 0 radical (unpaired) electrons. The maximum atomic E-state index is 13.5. The van der Waals surface area contributed by atoms with Crippen molar-refractivity contribution in [2.24, 2.45) is 0 Å². The number of hydrogen-bond donors (Lipinski definition) is 1. The van der Waals surface area contributed by atoms with E-state index in [9.17, 15) is 9.18 Å². The highest BCUT2D eigenvalue weighted by Crippen LogP contribution is 2.29. The van der Waals surface area contributed by atoms with E-state index in [0.717, 1.165) is 25.9 Å². The largest absolute Gasteiger partial charge is 0.396 e. The first kappa shape index (κ1) is 13.4. The fraction of sp³-hybridized carbons (Fsp3) is 0.533. The smallest absolute Gasteiger partial charge is 0.254 e. The van der Waals surface area contributed by atoms with Crippen molar-refractivity contribution in [2.75, 3.05) is 25.9 Å². The highest BCUT2D eigenvalue weighted by Gasteiger charge is 2.36. The number of fused-ring (bicyclic) bond motifs is 2. The van der Waals surface area contributed by atoms with Gasteiger partial charge < -0.3 is 10.6 Å². The molecule has 108 valence electrons. The number of benzene rings is 1. The number of halogens is 1. The Hall–Kier alpha value is -1.62. The van der Waals surface area contributed by atoms with Crippen LogP contribution in [0, 0.1) is 5.82 Å². The van der Waals surface area contributed by atoms with Gasteiger partial charge in [-0.2, -0.15) is 0 Å². The van der Waals surface area contributed by atoms with Gasteiger partial charge in [-0.05, 0) is 44.5 Å². The molecule has 5 heteroatoms. The molecule has 2 atom stereocenters. The lowest BCUT2D eigenvalue weighted by molar-refractivity contribution is 0.0740. The number of carbonyl (C=O) groups excluding carboxylic acids is 1. The quantitative estimate of drug-likeness (QED) is 0.795. The monoisotopic (exact) mass is 277 g/mol. The van der Waals surface area contributed by atoms with Gasteiger partial charge in [-0.15, -0.1) is 0 Å². The molecule has 3 rings (SSSR count). The Morgan fingerprint density at radius 3 is 2.80 bits per heavy atom. The summed E-state index contributed by atoms with van der Waals surface area (Å²) in [6.45, 7) is 1.48. The van der Waals surface area contributed by atoms with Crippen LogP contribution in [0.3, 0.4) is 0 Å². The maximum absolute atomic E-state index is 13.5. The Morgan fingerprint density at radius 2 is 2.05 bits per heavy atom. The molecule has 1 aromatic rings. The van der Waals surface area contributed by atoms with E-state index < -0.39 is 5.82 Å². The molecule has 2 unspecified atom stereocenters. The molecule has 2 heterocycles. The zero-order valence-corrected chi connectivity index (χ0v) is 11.7. The third-order valence-electron chi connectivity index (χ3n) is 4.68. The molecule has 2 N–H and O–H groups in total. The van der Waals surface area contributed by atoms with Crippen molar-refractivity contribution in [1.29, 1.82) is 0 Å². The molecule has 0 saturated carbocycles. The van der Waals surface area contributed by atoms with E-state index in [4.69, 9.17) is 5.73 Å². The number of likely N-dealkylation sites (tertiary alicyclic amines) is 1. The Kier molecular flexibility index (Phi) is 3.38. The summed E-state index contributed by atoms with van der Waals surface area (Å²) in [6, 6.07) is 5.32. The molecular weight excluding hydrogens is 257 g/mol. The van der Waals surface area contributed by atoms with Gasteiger partial charge in [0.1, 0.15) is 5.82 Å². The predicted octanol–water partition coefficient (Wildman–Crippen LogP) is 1.72. The van der Waals surface area contributed by atoms with Crippen LogP contribution < -0.4 is 5.73 Å². The Balaban J connectivity index is 1.78. The summed E-state index contributed by atoms with van der Waals surface area (Å²) in [7, 11) is 2.14. The number of nitrogens with zero attached hydrogens (tertiary/aromatic N) is 2. The summed E-state index contributed by atoms with van der Waals surface area (Å²) in [5.41, 5.74) is 5.92. The predicted molar refractivity (Wildman–Crippen MR) is 75.9 cm³/mol. The van der Waals surface area contributed by atoms with Crippen molar-refractivity contribution < 1.29 is 9.18 Å². The second-order valence-electron chi connectivity index (χ2n) is 5.83. The topological polar surface area (TPSA) is 49.6 Å². The highest BCUT2D eigenvalue weighted by atomic mass is 19.1. The summed E-state index contributed by atoms with van der Waals surface area (Å²) in [4.78, 5) is 16.7. The number of amides is 1. The zero-order chi connectivity index (χ0) is 14.3. The molecule has 20 heavy (non-hydrogen) atoms. The van der Waals surface area contributed by atoms with Crippen molar-refractivity contribution in [1.82, 2.24) is 9.80 Å². The van der Waals surface area contributed by atoms with Crippen LogP contribution in [0.4, 0.5) is 10.1 Å². The van der Waals surface area contributed by atoms with Gasteiger partial charge in [0, 0.05) is 30.7 Å². The number of hydrogen-bond acceptors (Lipinski definition) is 3. The van der Waals surface area contributed by atoms with Crippen molar-refractivity contribution >= 4 is 11.6 Å². The molecule has 2 aliphatic heterocycles. The van der Waals surface area contributed by atoms with E-state index in [1.165, 1.54) is 18.6 Å². The van der Waals surface area contributed by atoms with Crippen LogP contribution >= 0.6 is 0 Å². The summed E-state index contributed by atoms with van der Waals surface area (Å²) in [6.07, 6.45) is 3.36. The molecule has 1 aromatic carbocycles. The number of carbonyl (C=O) groups is 1. The van der Waals surface area contributed by atoms with Gasteiger partial charge in [-0.25, -0.2) is 4.39 Å². The number of anilines is 1. The molecule has 0 spiro atoms. The van der Waals surface area contributed by atoms with Gasteiger partial charge in [0.15, 0.2) is 0 Å². The first-order valence-corrected chi connectivity index (χ1v) is 7.12. The summed E-state index contributed by atoms with van der Waals surface area (Å²) in [5.74, 6) is -0.617. The van der Waals surface area contributed by atoms with Crippen LogP contribution in [0.15, 0.2) is 18.2 Å². The van der Waals surface area contributed by atoms with Crippen molar-refractivity contribution in [3.63, 3.8) is 0 Å². The van der Waals surface area contributed by atoms with Gasteiger partial charge in [0.2, 0.25) is 0 Å². The SMILES string of the molecule is CN1C2CCC1CN(C(=O)c1ccc(N)c(F)c1)CC2. The van der Waals surface area contributed by atoms with E-state index >= 15 is 0 Å². The van der Waals surface area contributed by atoms with Crippen LogP contribution in [0.25, 0.3) is 0 Å². The van der Waals surface area contributed by atoms with E-state index in [-0.39, 0.29) is 11.6 Å². The summed E-state index contributed by atoms with van der Waals surface area (Å²) < 4.78 is 13.5. The normalized spacial score (nSPS) is 26.6. The van der Waals surface area contributed by atoms with Gasteiger partial charge in [-0.3, -0.25) is 9.69 Å². The van der Waals surface area contributed by atoms with Gasteiger partial charge in [-0.1, -0.05) is 0 Å². The first-order valence-electron chi connectivity index (χ1n) is 7.12. The molecule has 0 aromatic heterocycles. The minimum absolute atomic E-state index is 0.0798. The Labute approximate surface area is 118 Å². The van der Waals surface area contributed by atoms with Gasteiger partial charge in [0.25, 0.3) is 5.91 Å². The Bertz CT molecular complexity index is 534.